The average molecular weight is 318 g/mol. The maximum atomic E-state index is 12.4. The molecule has 1 amide bonds. The van der Waals surface area contributed by atoms with Crippen LogP contribution in [0.5, 0.6) is 5.75 Å². The maximum absolute atomic E-state index is 12.4. The van der Waals surface area contributed by atoms with E-state index in [1.54, 1.807) is 0 Å². The van der Waals surface area contributed by atoms with Gasteiger partial charge in [0.2, 0.25) is 5.91 Å². The summed E-state index contributed by atoms with van der Waals surface area (Å²) in [5.74, 6) is 1.50. The molecule has 1 aromatic carbocycles. The molecule has 0 radical (unpaired) electrons. The first-order chi connectivity index (χ1) is 10.9. The summed E-state index contributed by atoms with van der Waals surface area (Å²) < 4.78 is 5.86. The van der Waals surface area contributed by atoms with Crippen molar-refractivity contribution in [3.63, 3.8) is 0 Å². The summed E-state index contributed by atoms with van der Waals surface area (Å²) in [6.45, 7) is 10.3. The van der Waals surface area contributed by atoms with Crippen LogP contribution in [0.4, 0.5) is 0 Å². The molecule has 4 nitrogen and oxygen atoms in total. The number of carbonyl (C=O) groups excluding carboxylic acids is 1. The molecule has 2 rings (SSSR count). The number of rotatable bonds is 5. The van der Waals surface area contributed by atoms with E-state index in [0.717, 1.165) is 37.2 Å². The van der Waals surface area contributed by atoms with Crippen molar-refractivity contribution in [2.45, 2.75) is 53.0 Å². The predicted octanol–water partition coefficient (Wildman–Crippen LogP) is 2.97. The molecule has 1 aliphatic heterocycles. The number of nitrogens with two attached hydrogens (primary N) is 1. The Kier molecular flexibility index (Phi) is 6.05. The van der Waals surface area contributed by atoms with Gasteiger partial charge in [0.15, 0.2) is 0 Å². The number of benzene rings is 1. The molecule has 0 saturated carbocycles. The lowest BCUT2D eigenvalue weighted by molar-refractivity contribution is -0.133. The van der Waals surface area contributed by atoms with Crippen LogP contribution < -0.4 is 10.5 Å². The zero-order valence-electron chi connectivity index (χ0n) is 14.9. The number of aryl methyl sites for hydroxylation is 2. The van der Waals surface area contributed by atoms with Crippen molar-refractivity contribution in [3.05, 3.63) is 28.8 Å². The van der Waals surface area contributed by atoms with Gasteiger partial charge < -0.3 is 15.4 Å². The predicted molar refractivity (Wildman–Crippen MR) is 93.7 cm³/mol. The minimum absolute atomic E-state index is 0.153. The van der Waals surface area contributed by atoms with Gasteiger partial charge in [0.05, 0.1) is 13.0 Å². The van der Waals surface area contributed by atoms with Gasteiger partial charge in [-0.2, -0.15) is 0 Å². The maximum Gasteiger partial charge on any atom is 0.226 e. The molecule has 1 saturated heterocycles. The van der Waals surface area contributed by atoms with Gasteiger partial charge in [-0.3, -0.25) is 4.79 Å². The summed E-state index contributed by atoms with van der Waals surface area (Å²) in [5, 5.41) is 0. The molecule has 1 aliphatic rings. The summed E-state index contributed by atoms with van der Waals surface area (Å²) >= 11 is 0. The second kappa shape index (κ2) is 7.82. The molecule has 23 heavy (non-hydrogen) atoms. The highest BCUT2D eigenvalue weighted by molar-refractivity contribution is 5.76. The van der Waals surface area contributed by atoms with E-state index in [4.69, 9.17) is 10.5 Å². The quantitative estimate of drug-likeness (QED) is 0.908. The van der Waals surface area contributed by atoms with Crippen LogP contribution in [0.2, 0.25) is 0 Å². The Hall–Kier alpha value is -1.55. The molecule has 1 fully saturated rings. The second-order valence-corrected chi connectivity index (χ2v) is 6.90. The lowest BCUT2D eigenvalue weighted by Crippen LogP contribution is -2.45. The standard InChI is InChI=1S/C19H30N2O2/c1-13-10-14(2)15(3)18(11-13)23-9-7-19(22)21-8-5-6-17(12-21)16(4)20/h10-11,16-17H,5-9,12,20H2,1-4H3/t16-,17+/m1/s1. The third-order valence-electron chi connectivity index (χ3n) is 4.89. The summed E-state index contributed by atoms with van der Waals surface area (Å²) in [6, 6.07) is 4.34. The summed E-state index contributed by atoms with van der Waals surface area (Å²) in [6.07, 6.45) is 2.60. The first-order valence-corrected chi connectivity index (χ1v) is 8.62. The van der Waals surface area contributed by atoms with Gasteiger partial charge >= 0.3 is 0 Å². The molecule has 128 valence electrons. The number of nitrogens with zero attached hydrogens (tertiary/aromatic N) is 1. The highest BCUT2D eigenvalue weighted by Crippen LogP contribution is 2.24. The Labute approximate surface area is 140 Å². The Balaban J connectivity index is 1.85. The summed E-state index contributed by atoms with van der Waals surface area (Å²) in [4.78, 5) is 14.3. The lowest BCUT2D eigenvalue weighted by Gasteiger charge is -2.34. The Morgan fingerprint density at radius 2 is 2.13 bits per heavy atom. The molecule has 4 heteroatoms. The third kappa shape index (κ3) is 4.71. The SMILES string of the molecule is Cc1cc(C)c(C)c(OCCC(=O)N2CCC[C@H]([C@@H](C)N)C2)c1. The normalized spacial score (nSPS) is 19.5. The highest BCUT2D eigenvalue weighted by atomic mass is 16.5. The second-order valence-electron chi connectivity index (χ2n) is 6.90. The van der Waals surface area contributed by atoms with Crippen molar-refractivity contribution >= 4 is 5.91 Å². The van der Waals surface area contributed by atoms with E-state index in [-0.39, 0.29) is 11.9 Å². The van der Waals surface area contributed by atoms with E-state index >= 15 is 0 Å². The smallest absolute Gasteiger partial charge is 0.226 e. The molecule has 1 heterocycles. The van der Waals surface area contributed by atoms with Gasteiger partial charge in [-0.15, -0.1) is 0 Å². The molecular weight excluding hydrogens is 288 g/mol. The minimum atomic E-state index is 0.153. The van der Waals surface area contributed by atoms with Crippen molar-refractivity contribution in [2.24, 2.45) is 11.7 Å². The Morgan fingerprint density at radius 3 is 2.83 bits per heavy atom. The Bertz CT molecular complexity index is 555. The number of piperidine rings is 1. The highest BCUT2D eigenvalue weighted by Gasteiger charge is 2.25. The van der Waals surface area contributed by atoms with Gasteiger partial charge in [0, 0.05) is 19.1 Å². The van der Waals surface area contributed by atoms with Gasteiger partial charge in [-0.25, -0.2) is 0 Å². The van der Waals surface area contributed by atoms with Crippen LogP contribution in [-0.2, 0) is 4.79 Å². The van der Waals surface area contributed by atoms with E-state index in [9.17, 15) is 4.79 Å². The number of amides is 1. The van der Waals surface area contributed by atoms with E-state index in [0.29, 0.717) is 18.9 Å². The summed E-state index contributed by atoms with van der Waals surface area (Å²) in [7, 11) is 0. The largest absolute Gasteiger partial charge is 0.493 e. The fraction of sp³-hybridized carbons (Fsp3) is 0.632. The van der Waals surface area contributed by atoms with Crippen LogP contribution in [0.25, 0.3) is 0 Å². The van der Waals surface area contributed by atoms with E-state index in [1.165, 1.54) is 11.1 Å². The number of hydrogen-bond donors (Lipinski definition) is 1. The van der Waals surface area contributed by atoms with Crippen LogP contribution >= 0.6 is 0 Å². The first kappa shape index (κ1) is 17.8. The molecule has 2 N–H and O–H groups in total. The molecule has 0 aliphatic carbocycles. The van der Waals surface area contributed by atoms with Crippen LogP contribution in [0.1, 0.15) is 42.9 Å². The van der Waals surface area contributed by atoms with Crippen molar-refractivity contribution in [3.8, 4) is 5.75 Å². The average Bonchev–Trinajstić information content (AvgIpc) is 2.51. The zero-order chi connectivity index (χ0) is 17.0. The Morgan fingerprint density at radius 1 is 1.39 bits per heavy atom. The molecule has 2 atom stereocenters. The zero-order valence-corrected chi connectivity index (χ0v) is 14.9. The first-order valence-electron chi connectivity index (χ1n) is 8.62. The van der Waals surface area contributed by atoms with Gasteiger partial charge in [-0.05, 0) is 69.2 Å². The van der Waals surface area contributed by atoms with Gasteiger partial charge in [0.1, 0.15) is 5.75 Å². The molecule has 0 spiro atoms. The van der Waals surface area contributed by atoms with E-state index in [1.807, 2.05) is 17.9 Å². The fourth-order valence-corrected chi connectivity index (χ4v) is 3.22. The number of hydrogen-bond acceptors (Lipinski definition) is 3. The summed E-state index contributed by atoms with van der Waals surface area (Å²) in [5.41, 5.74) is 9.55. The third-order valence-corrected chi connectivity index (χ3v) is 4.89. The molecular formula is C19H30N2O2. The molecule has 0 bridgehead atoms. The van der Waals surface area contributed by atoms with Crippen LogP contribution in [0.15, 0.2) is 12.1 Å². The van der Waals surface area contributed by atoms with E-state index in [2.05, 4.69) is 26.8 Å². The number of ether oxygens (including phenoxy) is 1. The van der Waals surface area contributed by atoms with Crippen LogP contribution in [0, 0.1) is 26.7 Å². The van der Waals surface area contributed by atoms with Gasteiger partial charge in [0.25, 0.3) is 0 Å². The van der Waals surface area contributed by atoms with Crippen molar-refractivity contribution in [2.75, 3.05) is 19.7 Å². The monoisotopic (exact) mass is 318 g/mol. The van der Waals surface area contributed by atoms with Crippen molar-refractivity contribution in [1.82, 2.24) is 4.90 Å². The lowest BCUT2D eigenvalue weighted by atomic mass is 9.92. The number of carbonyl (C=O) groups is 1. The fourth-order valence-electron chi connectivity index (χ4n) is 3.22. The van der Waals surface area contributed by atoms with Crippen LogP contribution in [-0.4, -0.2) is 36.5 Å². The van der Waals surface area contributed by atoms with E-state index < -0.39 is 0 Å². The molecule has 1 aromatic rings. The van der Waals surface area contributed by atoms with Gasteiger partial charge in [-0.1, -0.05) is 6.07 Å². The molecule has 0 unspecified atom stereocenters. The van der Waals surface area contributed by atoms with Crippen LogP contribution in [0.3, 0.4) is 0 Å². The number of likely N-dealkylation sites (tertiary alicyclic amines) is 1. The van der Waals surface area contributed by atoms with Crippen molar-refractivity contribution < 1.29 is 9.53 Å². The topological polar surface area (TPSA) is 55.6 Å². The van der Waals surface area contributed by atoms with Crippen molar-refractivity contribution in [1.29, 1.82) is 0 Å². The minimum Gasteiger partial charge on any atom is -0.493 e. The molecule has 0 aromatic heterocycles.